The highest BCUT2D eigenvalue weighted by molar-refractivity contribution is 5.55. The van der Waals surface area contributed by atoms with Gasteiger partial charge in [0.1, 0.15) is 0 Å². The van der Waals surface area contributed by atoms with Crippen LogP contribution in [0.4, 0.5) is 5.69 Å². The van der Waals surface area contributed by atoms with E-state index in [0.717, 1.165) is 25.1 Å². The summed E-state index contributed by atoms with van der Waals surface area (Å²) in [5.41, 5.74) is 8.51. The molecule has 18 heavy (non-hydrogen) atoms. The van der Waals surface area contributed by atoms with E-state index < -0.39 is 6.10 Å². The van der Waals surface area contributed by atoms with Gasteiger partial charge in [-0.3, -0.25) is 0 Å². The van der Waals surface area contributed by atoms with E-state index in [1.807, 2.05) is 12.1 Å². The summed E-state index contributed by atoms with van der Waals surface area (Å²) in [6.07, 6.45) is 1.58. The van der Waals surface area contributed by atoms with Crippen LogP contribution >= 0.6 is 0 Å². The van der Waals surface area contributed by atoms with Gasteiger partial charge in [-0.05, 0) is 24.5 Å². The highest BCUT2D eigenvalue weighted by Gasteiger charge is 2.21. The molecule has 1 aliphatic rings. The van der Waals surface area contributed by atoms with Crippen molar-refractivity contribution in [2.75, 3.05) is 31.7 Å². The molecule has 4 nitrogen and oxygen atoms in total. The molecule has 0 spiro atoms. The minimum atomic E-state index is -0.461. The summed E-state index contributed by atoms with van der Waals surface area (Å²) in [5.74, 6) is 0. The number of ether oxygens (including phenoxy) is 1. The summed E-state index contributed by atoms with van der Waals surface area (Å²) in [4.78, 5) is 2.21. The summed E-state index contributed by atoms with van der Waals surface area (Å²) < 4.78 is 4.98. The third-order valence-corrected chi connectivity index (χ3v) is 3.41. The van der Waals surface area contributed by atoms with Crippen molar-refractivity contribution in [3.63, 3.8) is 0 Å². The topological polar surface area (TPSA) is 58.7 Å². The Morgan fingerprint density at radius 2 is 2.28 bits per heavy atom. The number of aliphatic hydroxyl groups excluding tert-OH is 1. The first-order valence-electron chi connectivity index (χ1n) is 6.49. The van der Waals surface area contributed by atoms with E-state index in [1.54, 1.807) is 7.11 Å². The van der Waals surface area contributed by atoms with Crippen molar-refractivity contribution in [1.29, 1.82) is 0 Å². The summed E-state index contributed by atoms with van der Waals surface area (Å²) in [6, 6.07) is 8.31. The number of hydrogen-bond donors (Lipinski definition) is 2. The largest absolute Gasteiger partial charge is 0.389 e. The highest BCUT2D eigenvalue weighted by Crippen LogP contribution is 2.31. The minimum Gasteiger partial charge on any atom is -0.389 e. The van der Waals surface area contributed by atoms with Crippen molar-refractivity contribution in [2.45, 2.75) is 25.0 Å². The van der Waals surface area contributed by atoms with Gasteiger partial charge in [-0.25, -0.2) is 0 Å². The number of anilines is 1. The van der Waals surface area contributed by atoms with Crippen LogP contribution in [0.3, 0.4) is 0 Å². The van der Waals surface area contributed by atoms with Crippen LogP contribution in [0.2, 0.25) is 0 Å². The smallest absolute Gasteiger partial charge is 0.0947 e. The molecule has 1 aromatic rings. The third kappa shape index (κ3) is 3.02. The van der Waals surface area contributed by atoms with E-state index in [1.165, 1.54) is 5.56 Å². The van der Waals surface area contributed by atoms with E-state index in [9.17, 15) is 5.11 Å². The predicted octanol–water partition coefficient (Wildman–Crippen LogP) is 1.29. The molecule has 3 N–H and O–H groups in total. The van der Waals surface area contributed by atoms with Crippen molar-refractivity contribution in [3.05, 3.63) is 29.8 Å². The number of para-hydroxylation sites is 1. The Morgan fingerprint density at radius 1 is 1.50 bits per heavy atom. The summed E-state index contributed by atoms with van der Waals surface area (Å²) in [7, 11) is 1.61. The fraction of sp³-hybridized carbons (Fsp3) is 0.571. The number of nitrogens with two attached hydrogens (primary N) is 1. The zero-order valence-corrected chi connectivity index (χ0v) is 10.9. The maximum absolute atomic E-state index is 9.89. The predicted molar refractivity (Wildman–Crippen MR) is 72.7 cm³/mol. The molecular formula is C14H22N2O2. The number of methoxy groups -OCH3 is 1. The van der Waals surface area contributed by atoms with Gasteiger partial charge in [0.25, 0.3) is 0 Å². The van der Waals surface area contributed by atoms with Gasteiger partial charge in [0.2, 0.25) is 0 Å². The van der Waals surface area contributed by atoms with Crippen LogP contribution in [0.25, 0.3) is 0 Å². The zero-order valence-electron chi connectivity index (χ0n) is 10.9. The Labute approximate surface area is 108 Å². The highest BCUT2D eigenvalue weighted by atomic mass is 16.5. The van der Waals surface area contributed by atoms with Crippen LogP contribution in [0, 0.1) is 0 Å². The molecule has 1 aliphatic heterocycles. The minimum absolute atomic E-state index is 0.103. The fourth-order valence-corrected chi connectivity index (χ4v) is 2.56. The van der Waals surface area contributed by atoms with Crippen LogP contribution in [-0.2, 0) is 4.74 Å². The quantitative estimate of drug-likeness (QED) is 0.845. The molecule has 0 fully saturated rings. The maximum Gasteiger partial charge on any atom is 0.0947 e. The van der Waals surface area contributed by atoms with Crippen LogP contribution < -0.4 is 10.6 Å². The van der Waals surface area contributed by atoms with E-state index in [0.29, 0.717) is 13.2 Å². The molecule has 0 aromatic heterocycles. The first kappa shape index (κ1) is 13.3. The molecule has 1 aromatic carbocycles. The second kappa shape index (κ2) is 6.18. The molecule has 2 unspecified atom stereocenters. The Bertz CT molecular complexity index is 384. The lowest BCUT2D eigenvalue weighted by atomic mass is 10.0. The first-order chi connectivity index (χ1) is 8.72. The van der Waals surface area contributed by atoms with Gasteiger partial charge < -0.3 is 20.5 Å². The van der Waals surface area contributed by atoms with E-state index in [4.69, 9.17) is 10.5 Å². The standard InChI is InChI=1S/C14H22N2O2/c1-18-10-11(17)9-16-8-4-6-13(15)12-5-2-3-7-14(12)16/h2-3,5,7,11,13,17H,4,6,8-10,15H2,1H3. The number of β-amino-alcohol motifs (C(OH)–C–C–N with tert-alkyl or cyclic N) is 1. The summed E-state index contributed by atoms with van der Waals surface area (Å²) in [6.45, 7) is 1.90. The Kier molecular flexibility index (Phi) is 4.58. The van der Waals surface area contributed by atoms with Gasteiger partial charge in [-0.1, -0.05) is 18.2 Å². The SMILES string of the molecule is COCC(O)CN1CCCC(N)c2ccccc21. The molecule has 0 saturated carbocycles. The Balaban J connectivity index is 2.18. The molecule has 100 valence electrons. The molecule has 0 bridgehead atoms. The van der Waals surface area contributed by atoms with Gasteiger partial charge in [-0.15, -0.1) is 0 Å². The Hall–Kier alpha value is -1.10. The lowest BCUT2D eigenvalue weighted by Crippen LogP contribution is -2.35. The maximum atomic E-state index is 9.89. The molecule has 1 heterocycles. The average molecular weight is 250 g/mol. The molecule has 0 radical (unpaired) electrons. The number of aliphatic hydroxyl groups is 1. The van der Waals surface area contributed by atoms with Gasteiger partial charge in [0.05, 0.1) is 12.7 Å². The van der Waals surface area contributed by atoms with Crippen molar-refractivity contribution in [3.8, 4) is 0 Å². The van der Waals surface area contributed by atoms with Crippen LogP contribution in [0.5, 0.6) is 0 Å². The van der Waals surface area contributed by atoms with Crippen molar-refractivity contribution < 1.29 is 9.84 Å². The number of hydrogen-bond acceptors (Lipinski definition) is 4. The Morgan fingerprint density at radius 3 is 3.06 bits per heavy atom. The molecule has 0 aliphatic carbocycles. The second-order valence-corrected chi connectivity index (χ2v) is 4.86. The van der Waals surface area contributed by atoms with Gasteiger partial charge in [0, 0.05) is 31.9 Å². The number of fused-ring (bicyclic) bond motifs is 1. The summed E-state index contributed by atoms with van der Waals surface area (Å²) >= 11 is 0. The normalized spacial score (nSPS) is 21.3. The number of benzene rings is 1. The lowest BCUT2D eigenvalue weighted by Gasteiger charge is -2.27. The molecule has 4 heteroatoms. The third-order valence-electron chi connectivity index (χ3n) is 3.41. The van der Waals surface area contributed by atoms with Gasteiger partial charge in [-0.2, -0.15) is 0 Å². The van der Waals surface area contributed by atoms with Crippen LogP contribution in [0.15, 0.2) is 24.3 Å². The fourth-order valence-electron chi connectivity index (χ4n) is 2.56. The van der Waals surface area contributed by atoms with Crippen molar-refractivity contribution >= 4 is 5.69 Å². The van der Waals surface area contributed by atoms with Gasteiger partial charge in [0.15, 0.2) is 0 Å². The monoisotopic (exact) mass is 250 g/mol. The summed E-state index contributed by atoms with van der Waals surface area (Å²) in [5, 5.41) is 9.89. The van der Waals surface area contributed by atoms with E-state index >= 15 is 0 Å². The zero-order chi connectivity index (χ0) is 13.0. The van der Waals surface area contributed by atoms with E-state index in [-0.39, 0.29) is 6.04 Å². The van der Waals surface area contributed by atoms with Crippen molar-refractivity contribution in [1.82, 2.24) is 0 Å². The average Bonchev–Trinajstić information content (AvgIpc) is 2.51. The van der Waals surface area contributed by atoms with Crippen LogP contribution in [0.1, 0.15) is 24.4 Å². The van der Waals surface area contributed by atoms with Crippen molar-refractivity contribution in [2.24, 2.45) is 5.73 Å². The van der Waals surface area contributed by atoms with E-state index in [2.05, 4.69) is 17.0 Å². The second-order valence-electron chi connectivity index (χ2n) is 4.86. The molecule has 0 amide bonds. The molecule has 2 atom stereocenters. The first-order valence-corrected chi connectivity index (χ1v) is 6.49. The van der Waals surface area contributed by atoms with Gasteiger partial charge >= 0.3 is 0 Å². The van der Waals surface area contributed by atoms with Crippen LogP contribution in [-0.4, -0.2) is 38.0 Å². The molecule has 2 rings (SSSR count). The number of rotatable bonds is 4. The molecular weight excluding hydrogens is 228 g/mol. The molecule has 0 saturated heterocycles. The lowest BCUT2D eigenvalue weighted by molar-refractivity contribution is 0.0688. The number of nitrogens with zero attached hydrogens (tertiary/aromatic N) is 1.